The van der Waals surface area contributed by atoms with E-state index in [1.165, 1.54) is 25.1 Å². The minimum Gasteiger partial charge on any atom is -0.461 e. The summed E-state index contributed by atoms with van der Waals surface area (Å²) in [4.78, 5) is 26.4. The van der Waals surface area contributed by atoms with Gasteiger partial charge in [-0.15, -0.1) is 0 Å². The lowest BCUT2D eigenvalue weighted by Crippen LogP contribution is -2.06. The van der Waals surface area contributed by atoms with Crippen LogP contribution in [0, 0.1) is 5.82 Å². The van der Waals surface area contributed by atoms with E-state index in [0.29, 0.717) is 28.0 Å². The molecule has 0 aliphatic rings. The van der Waals surface area contributed by atoms with Crippen LogP contribution in [0.5, 0.6) is 0 Å². The molecule has 1 aromatic heterocycles. The number of H-pyrrole nitrogens is 1. The van der Waals surface area contributed by atoms with Gasteiger partial charge >= 0.3 is 5.97 Å². The summed E-state index contributed by atoms with van der Waals surface area (Å²) < 4.78 is 18.4. The van der Waals surface area contributed by atoms with Crippen LogP contribution in [0.3, 0.4) is 0 Å². The third-order valence-electron chi connectivity index (χ3n) is 3.75. The number of carbonyl (C=O) groups excluding carboxylic acids is 2. The fraction of sp³-hybridized carbons (Fsp3) is 0.158. The van der Waals surface area contributed by atoms with Crippen molar-refractivity contribution in [3.8, 4) is 0 Å². The van der Waals surface area contributed by atoms with Gasteiger partial charge in [0.25, 0.3) is 0 Å². The number of anilines is 3. The predicted octanol–water partition coefficient (Wildman–Crippen LogP) is 4.84. The van der Waals surface area contributed by atoms with E-state index >= 15 is 0 Å². The Bertz CT molecular complexity index is 1030. The third-order valence-corrected chi connectivity index (χ3v) is 4.04. The second-order valence-corrected chi connectivity index (χ2v) is 6.23. The third kappa shape index (κ3) is 4.20. The molecule has 3 rings (SSSR count). The van der Waals surface area contributed by atoms with Gasteiger partial charge in [-0.1, -0.05) is 11.6 Å². The lowest BCUT2D eigenvalue weighted by atomic mass is 10.1. The van der Waals surface area contributed by atoms with E-state index in [0.717, 1.165) is 0 Å². The van der Waals surface area contributed by atoms with Gasteiger partial charge in [-0.2, -0.15) is 0 Å². The highest BCUT2D eigenvalue weighted by Gasteiger charge is 2.15. The fourth-order valence-electron chi connectivity index (χ4n) is 2.66. The highest BCUT2D eigenvalue weighted by Crippen LogP contribution is 2.32. The standard InChI is InChI=1S/C19H17ClFN3O3/c1-3-27-19(26)18-9-13-16(23-11-4-5-15(21)14(20)6-11)7-12(22-10(2)25)8-17(13)24-18/h4-9,23-24H,3H2,1-2H3,(H,22,25). The Morgan fingerprint density at radius 2 is 1.96 bits per heavy atom. The van der Waals surface area contributed by atoms with Gasteiger partial charge in [-0.05, 0) is 43.3 Å². The monoisotopic (exact) mass is 389 g/mol. The van der Waals surface area contributed by atoms with Gasteiger partial charge in [0.2, 0.25) is 5.91 Å². The van der Waals surface area contributed by atoms with Crippen molar-refractivity contribution in [1.82, 2.24) is 4.98 Å². The molecule has 0 bridgehead atoms. The largest absolute Gasteiger partial charge is 0.461 e. The number of nitrogens with one attached hydrogen (secondary N) is 3. The highest BCUT2D eigenvalue weighted by atomic mass is 35.5. The zero-order chi connectivity index (χ0) is 19.6. The topological polar surface area (TPSA) is 83.2 Å². The van der Waals surface area contributed by atoms with Crippen LogP contribution < -0.4 is 10.6 Å². The Balaban J connectivity index is 2.07. The number of halogens is 2. The van der Waals surface area contributed by atoms with Gasteiger partial charge in [-0.25, -0.2) is 9.18 Å². The maximum Gasteiger partial charge on any atom is 0.354 e. The van der Waals surface area contributed by atoms with E-state index in [-0.39, 0.29) is 23.2 Å². The van der Waals surface area contributed by atoms with Crippen LogP contribution >= 0.6 is 11.6 Å². The summed E-state index contributed by atoms with van der Waals surface area (Å²) >= 11 is 5.84. The fourth-order valence-corrected chi connectivity index (χ4v) is 2.85. The van der Waals surface area contributed by atoms with Crippen molar-refractivity contribution in [3.63, 3.8) is 0 Å². The normalized spacial score (nSPS) is 10.7. The van der Waals surface area contributed by atoms with Crippen LogP contribution in [0.25, 0.3) is 10.9 Å². The minimum absolute atomic E-state index is 0.0180. The van der Waals surface area contributed by atoms with E-state index in [1.807, 2.05) is 0 Å². The molecular weight excluding hydrogens is 373 g/mol. The van der Waals surface area contributed by atoms with Gasteiger partial charge in [0.15, 0.2) is 0 Å². The summed E-state index contributed by atoms with van der Waals surface area (Å²) in [6, 6.07) is 9.31. The zero-order valence-electron chi connectivity index (χ0n) is 14.7. The van der Waals surface area contributed by atoms with E-state index in [9.17, 15) is 14.0 Å². The first-order valence-electron chi connectivity index (χ1n) is 8.21. The van der Waals surface area contributed by atoms with Crippen LogP contribution in [0.15, 0.2) is 36.4 Å². The first-order chi connectivity index (χ1) is 12.9. The predicted molar refractivity (Wildman–Crippen MR) is 103 cm³/mol. The zero-order valence-corrected chi connectivity index (χ0v) is 15.4. The Kier molecular flexibility index (Phi) is 5.32. The van der Waals surface area contributed by atoms with Crippen molar-refractivity contribution in [3.05, 3.63) is 52.9 Å². The summed E-state index contributed by atoms with van der Waals surface area (Å²) in [6.45, 7) is 3.38. The minimum atomic E-state index is -0.523. The van der Waals surface area contributed by atoms with Gasteiger partial charge in [-0.3, -0.25) is 4.79 Å². The average Bonchev–Trinajstić information content (AvgIpc) is 3.02. The van der Waals surface area contributed by atoms with E-state index < -0.39 is 11.8 Å². The Morgan fingerprint density at radius 3 is 2.63 bits per heavy atom. The molecule has 3 aromatic rings. The summed E-state index contributed by atoms with van der Waals surface area (Å²) in [5.41, 5.74) is 2.60. The lowest BCUT2D eigenvalue weighted by molar-refractivity contribution is -0.114. The summed E-state index contributed by atoms with van der Waals surface area (Å²) in [5, 5.41) is 6.53. The molecule has 6 nitrogen and oxygen atoms in total. The van der Waals surface area contributed by atoms with Gasteiger partial charge in [0.1, 0.15) is 11.5 Å². The van der Waals surface area contributed by atoms with Gasteiger partial charge in [0.05, 0.1) is 22.8 Å². The van der Waals surface area contributed by atoms with Crippen LogP contribution in [-0.4, -0.2) is 23.5 Å². The maximum atomic E-state index is 13.4. The Hall–Kier alpha value is -3.06. The molecule has 0 spiro atoms. The number of hydrogen-bond donors (Lipinski definition) is 3. The first-order valence-corrected chi connectivity index (χ1v) is 8.58. The van der Waals surface area contributed by atoms with Crippen molar-refractivity contribution >= 4 is 51.4 Å². The number of esters is 1. The van der Waals surface area contributed by atoms with Gasteiger partial charge < -0.3 is 20.4 Å². The number of ether oxygens (including phenoxy) is 1. The molecule has 0 aliphatic carbocycles. The molecule has 0 saturated heterocycles. The molecule has 2 aromatic carbocycles. The summed E-state index contributed by atoms with van der Waals surface area (Å²) in [5.74, 6) is -1.24. The second-order valence-electron chi connectivity index (χ2n) is 5.82. The molecule has 0 aliphatic heterocycles. The van der Waals surface area contributed by atoms with Gasteiger partial charge in [0, 0.05) is 23.7 Å². The molecule has 140 valence electrons. The number of amides is 1. The molecule has 0 fully saturated rings. The number of fused-ring (bicyclic) bond motifs is 1. The number of aromatic nitrogens is 1. The number of benzene rings is 2. The van der Waals surface area contributed by atoms with E-state index in [1.54, 1.807) is 25.1 Å². The first kappa shape index (κ1) is 18.7. The number of rotatable bonds is 5. The van der Waals surface area contributed by atoms with Crippen LogP contribution in [0.4, 0.5) is 21.5 Å². The molecule has 0 atom stereocenters. The summed E-state index contributed by atoms with van der Waals surface area (Å²) in [7, 11) is 0. The number of aromatic amines is 1. The molecule has 0 unspecified atom stereocenters. The smallest absolute Gasteiger partial charge is 0.354 e. The van der Waals surface area contributed by atoms with E-state index in [2.05, 4.69) is 15.6 Å². The van der Waals surface area contributed by atoms with Crippen molar-refractivity contribution in [2.45, 2.75) is 13.8 Å². The van der Waals surface area contributed by atoms with Crippen LogP contribution in [-0.2, 0) is 9.53 Å². The Labute approximate surface area is 159 Å². The second kappa shape index (κ2) is 7.67. The number of hydrogen-bond acceptors (Lipinski definition) is 4. The molecule has 27 heavy (non-hydrogen) atoms. The SMILES string of the molecule is CCOC(=O)c1cc2c(Nc3ccc(F)c(Cl)c3)cc(NC(C)=O)cc2[nH]1. The molecule has 1 amide bonds. The Morgan fingerprint density at radius 1 is 1.19 bits per heavy atom. The molecule has 0 radical (unpaired) electrons. The van der Waals surface area contributed by atoms with E-state index in [4.69, 9.17) is 16.3 Å². The number of carbonyl (C=O) groups is 2. The highest BCUT2D eigenvalue weighted by molar-refractivity contribution is 6.31. The molecule has 0 saturated carbocycles. The molecular formula is C19H17ClFN3O3. The van der Waals surface area contributed by atoms with Crippen molar-refractivity contribution < 1.29 is 18.7 Å². The maximum absolute atomic E-state index is 13.4. The average molecular weight is 390 g/mol. The van der Waals surface area contributed by atoms with Crippen molar-refractivity contribution in [2.75, 3.05) is 17.2 Å². The summed E-state index contributed by atoms with van der Waals surface area (Å²) in [6.07, 6.45) is 0. The van der Waals surface area contributed by atoms with Crippen LogP contribution in [0.2, 0.25) is 5.02 Å². The molecule has 3 N–H and O–H groups in total. The molecule has 1 heterocycles. The lowest BCUT2D eigenvalue weighted by Gasteiger charge is -2.11. The van der Waals surface area contributed by atoms with Crippen LogP contribution in [0.1, 0.15) is 24.3 Å². The quantitative estimate of drug-likeness (QED) is 0.545. The van der Waals surface area contributed by atoms with Crippen molar-refractivity contribution in [2.24, 2.45) is 0 Å². The van der Waals surface area contributed by atoms with Crippen molar-refractivity contribution in [1.29, 1.82) is 0 Å². The molecule has 8 heteroatoms.